The maximum absolute atomic E-state index is 10.1. The van der Waals surface area contributed by atoms with Gasteiger partial charge in [-0.15, -0.1) is 0 Å². The van der Waals surface area contributed by atoms with E-state index in [9.17, 15) is 5.11 Å². The average molecular weight is 452 g/mol. The normalized spacial score (nSPS) is 15.9. The molecule has 0 bridgehead atoms. The van der Waals surface area contributed by atoms with Gasteiger partial charge in [-0.1, -0.05) is 13.8 Å². The highest BCUT2D eigenvalue weighted by Gasteiger charge is 2.28. The van der Waals surface area contributed by atoms with Crippen molar-refractivity contribution in [3.63, 3.8) is 0 Å². The molecule has 178 valence electrons. The summed E-state index contributed by atoms with van der Waals surface area (Å²) < 4.78 is 13.6. The number of aromatic nitrogens is 2. The molecule has 0 radical (unpaired) electrons. The van der Waals surface area contributed by atoms with Crippen LogP contribution in [-0.2, 0) is 22.4 Å². The first-order valence-corrected chi connectivity index (χ1v) is 12.0. The highest BCUT2D eigenvalue weighted by molar-refractivity contribution is 5.94. The number of rotatable bonds is 8. The highest BCUT2D eigenvalue weighted by Crippen LogP contribution is 2.41. The van der Waals surface area contributed by atoms with E-state index >= 15 is 0 Å². The molecule has 1 aliphatic heterocycles. The Morgan fingerprint density at radius 3 is 2.64 bits per heavy atom. The van der Waals surface area contributed by atoms with Crippen LogP contribution in [0.2, 0.25) is 0 Å². The molecule has 2 aromatic heterocycles. The van der Waals surface area contributed by atoms with Crippen molar-refractivity contribution < 1.29 is 14.6 Å². The Hall–Kier alpha value is -2.41. The fourth-order valence-electron chi connectivity index (χ4n) is 4.83. The van der Waals surface area contributed by atoms with Crippen molar-refractivity contribution in [3.05, 3.63) is 47.8 Å². The molecule has 1 saturated heterocycles. The number of nitrogens with zero attached hydrogens (tertiary/aromatic N) is 3. The number of morpholine rings is 1. The Kier molecular flexibility index (Phi) is 7.07. The summed E-state index contributed by atoms with van der Waals surface area (Å²) in [6, 6.07) is 11.0. The van der Waals surface area contributed by atoms with Gasteiger partial charge in [-0.3, -0.25) is 4.98 Å². The van der Waals surface area contributed by atoms with Crippen LogP contribution in [0, 0.1) is 5.41 Å². The summed E-state index contributed by atoms with van der Waals surface area (Å²) in [5, 5.41) is 11.4. The zero-order chi connectivity index (χ0) is 23.6. The minimum Gasteiger partial charge on any atom is -0.396 e. The van der Waals surface area contributed by atoms with Crippen molar-refractivity contribution in [2.45, 2.75) is 46.8 Å². The van der Waals surface area contributed by atoms with Crippen LogP contribution in [0.15, 0.2) is 36.5 Å². The first-order valence-electron chi connectivity index (χ1n) is 12.0. The number of hydrogen-bond acceptors (Lipinski definition) is 5. The van der Waals surface area contributed by atoms with Crippen LogP contribution in [-0.4, -0.2) is 54.7 Å². The quantitative estimate of drug-likeness (QED) is 0.532. The van der Waals surface area contributed by atoms with E-state index in [0.29, 0.717) is 0 Å². The third-order valence-electron chi connectivity index (χ3n) is 6.76. The molecule has 1 aliphatic rings. The Morgan fingerprint density at radius 1 is 1.21 bits per heavy atom. The maximum atomic E-state index is 10.1. The molecule has 0 unspecified atom stereocenters. The number of pyridine rings is 1. The Bertz CT molecular complexity index is 1100. The number of hydrogen-bond donors (Lipinski definition) is 1. The van der Waals surface area contributed by atoms with E-state index in [4.69, 9.17) is 14.5 Å². The number of fused-ring (bicyclic) bond motifs is 1. The molecule has 6 nitrogen and oxygen atoms in total. The van der Waals surface area contributed by atoms with Gasteiger partial charge in [-0.2, -0.15) is 0 Å². The largest absolute Gasteiger partial charge is 0.396 e. The molecule has 1 fully saturated rings. The van der Waals surface area contributed by atoms with Crippen molar-refractivity contribution in [2.24, 2.45) is 5.41 Å². The second-order valence-electron chi connectivity index (χ2n) is 9.69. The van der Waals surface area contributed by atoms with E-state index in [1.165, 1.54) is 27.8 Å². The fourth-order valence-corrected chi connectivity index (χ4v) is 4.83. The van der Waals surface area contributed by atoms with Crippen LogP contribution in [0.4, 0.5) is 5.69 Å². The van der Waals surface area contributed by atoms with Crippen LogP contribution >= 0.6 is 0 Å². The summed E-state index contributed by atoms with van der Waals surface area (Å²) in [5.74, 6) is 0. The second-order valence-corrected chi connectivity index (χ2v) is 9.69. The Morgan fingerprint density at radius 2 is 1.97 bits per heavy atom. The van der Waals surface area contributed by atoms with Crippen molar-refractivity contribution in [2.75, 3.05) is 44.9 Å². The molecule has 0 spiro atoms. The molecule has 3 aromatic rings. The molecule has 3 heterocycles. The van der Waals surface area contributed by atoms with Crippen molar-refractivity contribution in [1.82, 2.24) is 9.55 Å². The minimum absolute atomic E-state index is 0.118. The van der Waals surface area contributed by atoms with Gasteiger partial charge in [-0.05, 0) is 61.6 Å². The first-order chi connectivity index (χ1) is 15.9. The van der Waals surface area contributed by atoms with Gasteiger partial charge in [-0.25, -0.2) is 0 Å². The van der Waals surface area contributed by atoms with E-state index in [2.05, 4.69) is 54.5 Å². The fraction of sp³-hybridized carbons (Fsp3) is 0.519. The lowest BCUT2D eigenvalue weighted by molar-refractivity contribution is 0.116. The number of benzene rings is 1. The van der Waals surface area contributed by atoms with Gasteiger partial charge < -0.3 is 24.0 Å². The van der Waals surface area contributed by atoms with Crippen LogP contribution < -0.4 is 4.90 Å². The predicted octanol–water partition coefficient (Wildman–Crippen LogP) is 4.83. The minimum atomic E-state index is -0.244. The van der Waals surface area contributed by atoms with Gasteiger partial charge in [0.25, 0.3) is 0 Å². The smallest absolute Gasteiger partial charge is 0.0969 e. The lowest BCUT2D eigenvalue weighted by Crippen LogP contribution is -2.36. The van der Waals surface area contributed by atoms with Crippen molar-refractivity contribution in [3.8, 4) is 11.3 Å². The van der Waals surface area contributed by atoms with Gasteiger partial charge in [0.05, 0.1) is 30.7 Å². The summed E-state index contributed by atoms with van der Waals surface area (Å²) in [7, 11) is 1.73. The summed E-state index contributed by atoms with van der Waals surface area (Å²) >= 11 is 0. The van der Waals surface area contributed by atoms with Gasteiger partial charge in [0.15, 0.2) is 0 Å². The number of aliphatic hydroxyl groups is 1. The van der Waals surface area contributed by atoms with E-state index in [1.54, 1.807) is 7.11 Å². The van der Waals surface area contributed by atoms with Gasteiger partial charge in [0.2, 0.25) is 0 Å². The third-order valence-corrected chi connectivity index (χ3v) is 6.76. The summed E-state index contributed by atoms with van der Waals surface area (Å²) in [6.45, 7) is 12.8. The second kappa shape index (κ2) is 9.84. The van der Waals surface area contributed by atoms with E-state index in [0.717, 1.165) is 50.5 Å². The lowest BCUT2D eigenvalue weighted by atomic mass is 9.84. The number of anilines is 1. The van der Waals surface area contributed by atoms with Crippen LogP contribution in [0.5, 0.6) is 0 Å². The number of methoxy groups -OCH3 is 1. The van der Waals surface area contributed by atoms with E-state index < -0.39 is 0 Å². The highest BCUT2D eigenvalue weighted by atomic mass is 16.5. The zero-order valence-corrected chi connectivity index (χ0v) is 20.6. The molecule has 0 saturated carbocycles. The summed E-state index contributed by atoms with van der Waals surface area (Å²) in [6.07, 6.45) is 2.48. The molecule has 6 heteroatoms. The van der Waals surface area contributed by atoms with Crippen molar-refractivity contribution >= 4 is 16.6 Å². The van der Waals surface area contributed by atoms with Crippen molar-refractivity contribution in [1.29, 1.82) is 0 Å². The topological polar surface area (TPSA) is 59.8 Å². The number of aryl methyl sites for hydroxylation is 1. The van der Waals surface area contributed by atoms with E-state index in [-0.39, 0.29) is 18.1 Å². The summed E-state index contributed by atoms with van der Waals surface area (Å²) in [5.41, 5.74) is 6.68. The maximum Gasteiger partial charge on any atom is 0.0969 e. The molecule has 1 atom stereocenters. The van der Waals surface area contributed by atoms with Crippen LogP contribution in [0.1, 0.15) is 45.1 Å². The third kappa shape index (κ3) is 4.65. The SMILES string of the molecule is CCn1c(-c2cccnc2[C@H](C)OC)c(CC(C)(C)CO)c2cc(N3CCOCC3)ccc21. The molecule has 33 heavy (non-hydrogen) atoms. The van der Waals surface area contributed by atoms with Gasteiger partial charge in [0, 0.05) is 61.7 Å². The number of ether oxygens (including phenoxy) is 2. The zero-order valence-electron chi connectivity index (χ0n) is 20.6. The molecule has 4 rings (SSSR count). The monoisotopic (exact) mass is 451 g/mol. The lowest BCUT2D eigenvalue weighted by Gasteiger charge is -2.29. The molecular weight excluding hydrogens is 414 g/mol. The Balaban J connectivity index is 1.99. The van der Waals surface area contributed by atoms with Crippen LogP contribution in [0.25, 0.3) is 22.2 Å². The Labute approximate surface area is 197 Å². The molecular formula is C27H37N3O3. The standard InChI is InChI=1S/C27H37N3O3/c1-6-30-24-10-9-20(29-12-14-33-15-13-29)16-22(24)23(17-27(3,4)18-31)26(30)21-8-7-11-28-25(21)19(2)32-5/h7-11,16,19,31H,6,12-15,17-18H2,1-5H3/t19-/m0/s1. The molecule has 0 amide bonds. The average Bonchev–Trinajstić information content (AvgIpc) is 3.15. The van der Waals surface area contributed by atoms with Crippen LogP contribution in [0.3, 0.4) is 0 Å². The number of aliphatic hydroxyl groups excluding tert-OH is 1. The van der Waals surface area contributed by atoms with Gasteiger partial charge in [0.1, 0.15) is 0 Å². The summed E-state index contributed by atoms with van der Waals surface area (Å²) in [4.78, 5) is 7.11. The predicted molar refractivity (Wildman–Crippen MR) is 134 cm³/mol. The molecule has 1 aromatic carbocycles. The first kappa shape index (κ1) is 23.7. The molecule has 0 aliphatic carbocycles. The molecule has 1 N–H and O–H groups in total. The van der Waals surface area contributed by atoms with Gasteiger partial charge >= 0.3 is 0 Å². The van der Waals surface area contributed by atoms with E-state index in [1.807, 2.05) is 19.2 Å².